The molecule has 2 N–H and O–H groups in total. The second kappa shape index (κ2) is 7.86. The van der Waals surface area contributed by atoms with Crippen LogP contribution in [0.1, 0.15) is 25.0 Å². The van der Waals surface area contributed by atoms with Crippen LogP contribution in [-0.4, -0.2) is 32.5 Å². The Morgan fingerprint density at radius 1 is 1.19 bits per heavy atom. The van der Waals surface area contributed by atoms with E-state index in [1.807, 2.05) is 49.9 Å². The summed E-state index contributed by atoms with van der Waals surface area (Å²) in [6.07, 6.45) is 3.73. The highest BCUT2D eigenvalue weighted by Crippen LogP contribution is 2.36. The summed E-state index contributed by atoms with van der Waals surface area (Å²) in [7, 11) is -0.123. The number of carbonyl (C=O) groups excluding carboxylic acids is 1. The van der Waals surface area contributed by atoms with Crippen LogP contribution in [0.4, 0.5) is 5.69 Å². The molecular formula is C23H25N3O4S. The lowest BCUT2D eigenvalue weighted by Crippen LogP contribution is -2.27. The Hall–Kier alpha value is -3.10. The lowest BCUT2D eigenvalue weighted by Gasteiger charge is -2.10. The first-order valence-electron chi connectivity index (χ1n) is 10.00. The predicted molar refractivity (Wildman–Crippen MR) is 122 cm³/mol. The van der Waals surface area contributed by atoms with Crippen LogP contribution >= 0.6 is 0 Å². The van der Waals surface area contributed by atoms with Crippen LogP contribution in [0, 0.1) is 5.92 Å². The third kappa shape index (κ3) is 3.96. The van der Waals surface area contributed by atoms with Crippen molar-refractivity contribution in [3.05, 3.63) is 53.7 Å². The summed E-state index contributed by atoms with van der Waals surface area (Å²) in [5.74, 6) is 0.644. The summed E-state index contributed by atoms with van der Waals surface area (Å²) < 4.78 is 35.3. The molecule has 0 bridgehead atoms. The largest absolute Gasteiger partial charge is 0.497 e. The van der Waals surface area contributed by atoms with Crippen LogP contribution in [0.2, 0.25) is 0 Å². The normalized spacial score (nSPS) is 15.0. The smallest absolute Gasteiger partial charge is 0.256 e. The molecule has 0 radical (unpaired) electrons. The predicted octanol–water partition coefficient (Wildman–Crippen LogP) is 3.61. The number of hydrogen-bond donors (Lipinski definition) is 2. The Labute approximate surface area is 181 Å². The molecule has 8 heteroatoms. The highest BCUT2D eigenvalue weighted by Gasteiger charge is 2.27. The molecule has 2 heterocycles. The summed E-state index contributed by atoms with van der Waals surface area (Å²) in [5.41, 5.74) is 3.43. The molecule has 1 amide bonds. The molecule has 0 aliphatic carbocycles. The first kappa shape index (κ1) is 21.1. The van der Waals surface area contributed by atoms with Gasteiger partial charge < -0.3 is 14.6 Å². The van der Waals surface area contributed by atoms with Gasteiger partial charge in [0.2, 0.25) is 10.0 Å². The minimum absolute atomic E-state index is 0.133. The summed E-state index contributed by atoms with van der Waals surface area (Å²) in [5, 5.41) is 3.76. The summed E-state index contributed by atoms with van der Waals surface area (Å²) in [6, 6.07) is 10.5. The second-order valence-electron chi connectivity index (χ2n) is 8.04. The Balaban J connectivity index is 1.80. The Bertz CT molecular complexity index is 1320. The standard InChI is InChI=1S/C23H25N3O4S/c1-14(2)12-24-31(28,29)17-6-7-21-19(11-17)20(23(27)25-21)9-15-13-26(3)22-8-5-16(30-4)10-18(15)22/h5-11,13-14,24H,12H2,1-4H3,(H,25,27)/b20-9-. The van der Waals surface area contributed by atoms with E-state index in [1.165, 1.54) is 6.07 Å². The molecule has 1 aliphatic heterocycles. The van der Waals surface area contributed by atoms with Crippen LogP contribution in [0.3, 0.4) is 0 Å². The van der Waals surface area contributed by atoms with E-state index in [0.29, 0.717) is 23.4 Å². The fourth-order valence-corrected chi connectivity index (χ4v) is 4.88. The molecule has 0 saturated heterocycles. The van der Waals surface area contributed by atoms with Crippen molar-refractivity contribution in [3.8, 4) is 5.75 Å². The van der Waals surface area contributed by atoms with Gasteiger partial charge in [-0.3, -0.25) is 4.79 Å². The maximum Gasteiger partial charge on any atom is 0.256 e. The molecule has 1 aromatic heterocycles. The Kier molecular flexibility index (Phi) is 5.36. The third-order valence-electron chi connectivity index (χ3n) is 5.29. The van der Waals surface area contributed by atoms with Gasteiger partial charge >= 0.3 is 0 Å². The number of anilines is 1. The van der Waals surface area contributed by atoms with Gasteiger partial charge in [-0.1, -0.05) is 13.8 Å². The number of rotatable bonds is 6. The molecule has 31 heavy (non-hydrogen) atoms. The maximum absolute atomic E-state index is 12.7. The van der Waals surface area contributed by atoms with Gasteiger partial charge in [-0.15, -0.1) is 0 Å². The lowest BCUT2D eigenvalue weighted by molar-refractivity contribution is -0.110. The number of methoxy groups -OCH3 is 1. The monoisotopic (exact) mass is 439 g/mol. The molecule has 0 fully saturated rings. The molecule has 0 spiro atoms. The van der Waals surface area contributed by atoms with Gasteiger partial charge in [0.05, 0.1) is 12.0 Å². The van der Waals surface area contributed by atoms with Crippen molar-refractivity contribution in [1.82, 2.24) is 9.29 Å². The number of benzene rings is 2. The quantitative estimate of drug-likeness (QED) is 0.574. The summed E-state index contributed by atoms with van der Waals surface area (Å²) >= 11 is 0. The number of fused-ring (bicyclic) bond motifs is 2. The van der Waals surface area contributed by atoms with E-state index in [0.717, 1.165) is 22.2 Å². The third-order valence-corrected chi connectivity index (χ3v) is 6.71. The zero-order chi connectivity index (χ0) is 22.3. The molecule has 1 aliphatic rings. The molecule has 7 nitrogen and oxygen atoms in total. The van der Waals surface area contributed by atoms with Crippen LogP contribution < -0.4 is 14.8 Å². The fraction of sp³-hybridized carbons (Fsp3) is 0.261. The lowest BCUT2D eigenvalue weighted by atomic mass is 10.0. The van der Waals surface area contributed by atoms with Gasteiger partial charge in [-0.25, -0.2) is 13.1 Å². The van der Waals surface area contributed by atoms with Gasteiger partial charge in [0, 0.05) is 53.1 Å². The van der Waals surface area contributed by atoms with Gasteiger partial charge in [-0.2, -0.15) is 0 Å². The van der Waals surface area contributed by atoms with Crippen LogP contribution in [0.15, 0.2) is 47.5 Å². The number of aromatic nitrogens is 1. The topological polar surface area (TPSA) is 89.4 Å². The molecule has 3 aromatic rings. The maximum atomic E-state index is 12.7. The number of nitrogens with zero attached hydrogens (tertiary/aromatic N) is 1. The highest BCUT2D eigenvalue weighted by molar-refractivity contribution is 7.89. The minimum Gasteiger partial charge on any atom is -0.497 e. The number of ether oxygens (including phenoxy) is 1. The SMILES string of the molecule is COc1ccc2c(c1)c(/C=C1\C(=O)Nc3ccc(S(=O)(=O)NCC(C)C)cc31)cn2C. The fourth-order valence-electron chi connectivity index (χ4n) is 3.64. The van der Waals surface area contributed by atoms with Gasteiger partial charge in [0.25, 0.3) is 5.91 Å². The van der Waals surface area contributed by atoms with Gasteiger partial charge in [0.15, 0.2) is 0 Å². The summed E-state index contributed by atoms with van der Waals surface area (Å²) in [6.45, 7) is 4.22. The zero-order valence-electron chi connectivity index (χ0n) is 17.9. The number of hydrogen-bond acceptors (Lipinski definition) is 4. The zero-order valence-corrected chi connectivity index (χ0v) is 18.7. The molecule has 0 saturated carbocycles. The van der Waals surface area contributed by atoms with E-state index >= 15 is 0 Å². The van der Waals surface area contributed by atoms with Crippen molar-refractivity contribution in [2.45, 2.75) is 18.7 Å². The first-order valence-corrected chi connectivity index (χ1v) is 11.5. The van der Waals surface area contributed by atoms with Gasteiger partial charge in [0.1, 0.15) is 5.75 Å². The van der Waals surface area contributed by atoms with E-state index in [-0.39, 0.29) is 16.7 Å². The van der Waals surface area contributed by atoms with E-state index in [9.17, 15) is 13.2 Å². The molecule has 0 atom stereocenters. The van der Waals surface area contributed by atoms with E-state index in [1.54, 1.807) is 25.3 Å². The van der Waals surface area contributed by atoms with Crippen LogP contribution in [0.5, 0.6) is 5.75 Å². The van der Waals surface area contributed by atoms with Crippen molar-refractivity contribution >= 4 is 44.2 Å². The molecule has 0 unspecified atom stereocenters. The molecule has 2 aromatic carbocycles. The number of carbonyl (C=O) groups is 1. The minimum atomic E-state index is -3.67. The first-order chi connectivity index (χ1) is 14.7. The average Bonchev–Trinajstić information content (AvgIpc) is 3.22. The summed E-state index contributed by atoms with van der Waals surface area (Å²) in [4.78, 5) is 12.8. The molecule has 162 valence electrons. The highest BCUT2D eigenvalue weighted by atomic mass is 32.2. The number of sulfonamides is 1. The van der Waals surface area contributed by atoms with E-state index in [2.05, 4.69) is 10.0 Å². The van der Waals surface area contributed by atoms with Crippen LogP contribution in [0.25, 0.3) is 22.6 Å². The molecular weight excluding hydrogens is 414 g/mol. The van der Waals surface area contributed by atoms with E-state index < -0.39 is 10.0 Å². The number of aryl methyl sites for hydroxylation is 1. The average molecular weight is 440 g/mol. The van der Waals surface area contributed by atoms with Crippen molar-refractivity contribution in [1.29, 1.82) is 0 Å². The Morgan fingerprint density at radius 2 is 1.97 bits per heavy atom. The van der Waals surface area contributed by atoms with Gasteiger partial charge in [-0.05, 0) is 48.4 Å². The van der Waals surface area contributed by atoms with Crippen molar-refractivity contribution in [3.63, 3.8) is 0 Å². The van der Waals surface area contributed by atoms with Crippen molar-refractivity contribution in [2.24, 2.45) is 13.0 Å². The second-order valence-corrected chi connectivity index (χ2v) is 9.81. The van der Waals surface area contributed by atoms with E-state index in [4.69, 9.17) is 4.74 Å². The van der Waals surface area contributed by atoms with Crippen molar-refractivity contribution < 1.29 is 17.9 Å². The Morgan fingerprint density at radius 3 is 2.68 bits per heavy atom. The van der Waals surface area contributed by atoms with Crippen molar-refractivity contribution in [2.75, 3.05) is 19.0 Å². The number of amides is 1. The molecule has 4 rings (SSSR count). The van der Waals surface area contributed by atoms with Crippen LogP contribution in [-0.2, 0) is 21.9 Å². The number of nitrogens with one attached hydrogen (secondary N) is 2.